The van der Waals surface area contributed by atoms with Crippen LogP contribution in [-0.2, 0) is 0 Å². The van der Waals surface area contributed by atoms with Crippen molar-refractivity contribution in [3.63, 3.8) is 0 Å². The summed E-state index contributed by atoms with van der Waals surface area (Å²) >= 11 is 0. The fraction of sp³-hybridized carbons (Fsp3) is 0.227. The van der Waals surface area contributed by atoms with Gasteiger partial charge in [0, 0.05) is 24.0 Å². The topological polar surface area (TPSA) is 98.7 Å². The van der Waals surface area contributed by atoms with Gasteiger partial charge in [0.05, 0.1) is 5.56 Å². The highest BCUT2D eigenvalue weighted by atomic mass is 16.5. The number of amides is 1. The summed E-state index contributed by atoms with van der Waals surface area (Å²) in [6.07, 6.45) is 7.07. The number of imidazole rings is 1. The molecule has 0 spiro atoms. The monoisotopic (exact) mass is 400 g/mol. The summed E-state index contributed by atoms with van der Waals surface area (Å²) in [5, 5.41) is 7.01. The van der Waals surface area contributed by atoms with Crippen LogP contribution in [0, 0.1) is 13.8 Å². The molecule has 0 unspecified atom stereocenters. The predicted octanol–water partition coefficient (Wildman–Crippen LogP) is 4.06. The van der Waals surface area contributed by atoms with Crippen LogP contribution in [-0.4, -0.2) is 30.6 Å². The Bertz CT molecular complexity index is 1240. The Morgan fingerprint density at radius 1 is 1.17 bits per heavy atom. The number of carbonyl (C=O) groups is 1. The Labute approximate surface area is 173 Å². The number of benzene rings is 1. The second-order valence-electron chi connectivity index (χ2n) is 7.47. The predicted molar refractivity (Wildman–Crippen MR) is 110 cm³/mol. The van der Waals surface area contributed by atoms with Gasteiger partial charge in [-0.05, 0) is 56.0 Å². The van der Waals surface area contributed by atoms with Crippen molar-refractivity contribution in [1.82, 2.24) is 24.7 Å². The van der Waals surface area contributed by atoms with Gasteiger partial charge in [-0.2, -0.15) is 4.98 Å². The van der Waals surface area contributed by atoms with Gasteiger partial charge >= 0.3 is 0 Å². The van der Waals surface area contributed by atoms with Crippen LogP contribution in [0.1, 0.15) is 46.2 Å². The van der Waals surface area contributed by atoms with Crippen molar-refractivity contribution in [2.24, 2.45) is 0 Å². The van der Waals surface area contributed by atoms with Crippen molar-refractivity contribution in [2.45, 2.75) is 32.6 Å². The number of hydrogen-bond acceptors (Lipinski definition) is 6. The molecule has 1 aliphatic carbocycles. The van der Waals surface area contributed by atoms with Crippen LogP contribution >= 0.6 is 0 Å². The van der Waals surface area contributed by atoms with Crippen LogP contribution < -0.4 is 5.32 Å². The Balaban J connectivity index is 1.43. The van der Waals surface area contributed by atoms with E-state index in [0.717, 1.165) is 35.5 Å². The molecule has 150 valence electrons. The van der Waals surface area contributed by atoms with Crippen LogP contribution in [0.15, 0.2) is 53.6 Å². The Kier molecular flexibility index (Phi) is 4.39. The van der Waals surface area contributed by atoms with E-state index in [1.54, 1.807) is 23.3 Å². The maximum Gasteiger partial charge on any atom is 0.275 e. The summed E-state index contributed by atoms with van der Waals surface area (Å²) in [5.74, 6) is 1.83. The van der Waals surface area contributed by atoms with E-state index in [0.29, 0.717) is 23.2 Å². The molecule has 0 radical (unpaired) electrons. The second-order valence-corrected chi connectivity index (χ2v) is 7.47. The minimum Gasteiger partial charge on any atom is -0.334 e. The number of anilines is 1. The van der Waals surface area contributed by atoms with Crippen molar-refractivity contribution in [1.29, 1.82) is 0 Å². The van der Waals surface area contributed by atoms with E-state index in [2.05, 4.69) is 25.4 Å². The molecule has 1 fully saturated rings. The fourth-order valence-corrected chi connectivity index (χ4v) is 3.25. The minimum atomic E-state index is -0.284. The Hall–Kier alpha value is -3.81. The molecule has 8 heteroatoms. The van der Waals surface area contributed by atoms with Crippen molar-refractivity contribution >= 4 is 11.6 Å². The van der Waals surface area contributed by atoms with Gasteiger partial charge in [0.25, 0.3) is 11.8 Å². The van der Waals surface area contributed by atoms with Gasteiger partial charge in [0.1, 0.15) is 12.0 Å². The highest BCUT2D eigenvalue weighted by Gasteiger charge is 2.29. The number of aryl methyl sites for hydroxylation is 1. The average molecular weight is 400 g/mol. The van der Waals surface area contributed by atoms with E-state index in [4.69, 9.17) is 4.52 Å². The zero-order chi connectivity index (χ0) is 20.7. The molecule has 30 heavy (non-hydrogen) atoms. The van der Waals surface area contributed by atoms with Gasteiger partial charge in [-0.25, -0.2) is 9.97 Å². The van der Waals surface area contributed by atoms with Crippen molar-refractivity contribution < 1.29 is 9.32 Å². The van der Waals surface area contributed by atoms with Crippen molar-refractivity contribution in [3.05, 3.63) is 71.7 Å². The third-order valence-electron chi connectivity index (χ3n) is 5.31. The van der Waals surface area contributed by atoms with Crippen LogP contribution in [0.5, 0.6) is 0 Å². The minimum absolute atomic E-state index is 0.284. The average Bonchev–Trinajstić information content (AvgIpc) is 3.28. The highest BCUT2D eigenvalue weighted by Crippen LogP contribution is 2.39. The maximum absolute atomic E-state index is 12.7. The van der Waals surface area contributed by atoms with Crippen LogP contribution in [0.4, 0.5) is 5.69 Å². The van der Waals surface area contributed by atoms with Crippen LogP contribution in [0.2, 0.25) is 0 Å². The number of nitrogens with one attached hydrogen (secondary N) is 1. The summed E-state index contributed by atoms with van der Waals surface area (Å²) in [4.78, 5) is 25.9. The lowest BCUT2D eigenvalue weighted by Gasteiger charge is -2.09. The standard InChI is InChI=1S/C22H20N6O2/c1-13-5-3-7-17(14(13)2)25-21(29)18-11-28(12-24-18)20-16(6-4-10-23-20)22-26-19(27-30-22)15-8-9-15/h3-7,10-12,15H,8-9H2,1-2H3,(H,25,29). The third-order valence-corrected chi connectivity index (χ3v) is 5.31. The van der Waals surface area contributed by atoms with Gasteiger partial charge in [-0.15, -0.1) is 0 Å². The molecular weight excluding hydrogens is 380 g/mol. The van der Waals surface area contributed by atoms with E-state index >= 15 is 0 Å². The summed E-state index contributed by atoms with van der Waals surface area (Å²) in [7, 11) is 0. The highest BCUT2D eigenvalue weighted by molar-refractivity contribution is 6.03. The van der Waals surface area contributed by atoms with E-state index < -0.39 is 0 Å². The summed E-state index contributed by atoms with van der Waals surface area (Å²) < 4.78 is 7.15. The van der Waals surface area contributed by atoms with E-state index in [-0.39, 0.29) is 11.6 Å². The largest absolute Gasteiger partial charge is 0.334 e. The third kappa shape index (κ3) is 3.36. The molecule has 1 amide bonds. The lowest BCUT2D eigenvalue weighted by atomic mass is 10.1. The summed E-state index contributed by atoms with van der Waals surface area (Å²) in [6, 6.07) is 9.47. The number of pyridine rings is 1. The molecule has 3 aromatic heterocycles. The second kappa shape index (κ2) is 7.22. The molecule has 0 bridgehead atoms. The van der Waals surface area contributed by atoms with Crippen LogP contribution in [0.3, 0.4) is 0 Å². The molecule has 1 saturated carbocycles. The molecule has 0 aliphatic heterocycles. The molecule has 3 heterocycles. The van der Waals surface area contributed by atoms with Gasteiger partial charge in [0.15, 0.2) is 11.6 Å². The first-order chi connectivity index (χ1) is 14.6. The number of carbonyl (C=O) groups excluding carboxylic acids is 1. The molecule has 5 rings (SSSR count). The molecular formula is C22H20N6O2. The van der Waals surface area contributed by atoms with E-state index in [1.807, 2.05) is 44.2 Å². The van der Waals surface area contributed by atoms with E-state index in [1.165, 1.54) is 0 Å². The lowest BCUT2D eigenvalue weighted by molar-refractivity contribution is 0.102. The number of aromatic nitrogens is 5. The zero-order valence-corrected chi connectivity index (χ0v) is 16.7. The van der Waals surface area contributed by atoms with Gasteiger partial charge in [-0.1, -0.05) is 17.3 Å². The molecule has 1 aliphatic rings. The Morgan fingerprint density at radius 2 is 2.03 bits per heavy atom. The number of nitrogens with zero attached hydrogens (tertiary/aromatic N) is 5. The quantitative estimate of drug-likeness (QED) is 0.542. The smallest absolute Gasteiger partial charge is 0.275 e. The number of hydrogen-bond donors (Lipinski definition) is 1. The summed E-state index contributed by atoms with van der Waals surface area (Å²) in [5.41, 5.74) is 3.89. The van der Waals surface area contributed by atoms with E-state index in [9.17, 15) is 4.79 Å². The van der Waals surface area contributed by atoms with Crippen molar-refractivity contribution in [3.8, 4) is 17.3 Å². The maximum atomic E-state index is 12.7. The van der Waals surface area contributed by atoms with Gasteiger partial charge in [0.2, 0.25) is 0 Å². The Morgan fingerprint density at radius 3 is 2.87 bits per heavy atom. The zero-order valence-electron chi connectivity index (χ0n) is 16.7. The molecule has 1 N–H and O–H groups in total. The molecule has 1 aromatic carbocycles. The molecule has 8 nitrogen and oxygen atoms in total. The normalized spacial score (nSPS) is 13.4. The van der Waals surface area contributed by atoms with Gasteiger partial charge in [-0.3, -0.25) is 9.36 Å². The van der Waals surface area contributed by atoms with Crippen LogP contribution in [0.25, 0.3) is 17.3 Å². The van der Waals surface area contributed by atoms with Crippen molar-refractivity contribution in [2.75, 3.05) is 5.32 Å². The molecule has 4 aromatic rings. The fourth-order valence-electron chi connectivity index (χ4n) is 3.25. The van der Waals surface area contributed by atoms with Gasteiger partial charge < -0.3 is 9.84 Å². The first-order valence-electron chi connectivity index (χ1n) is 9.81. The molecule has 0 saturated heterocycles. The lowest BCUT2D eigenvalue weighted by Crippen LogP contribution is -2.13. The first kappa shape index (κ1) is 18.2. The molecule has 0 atom stereocenters. The summed E-state index contributed by atoms with van der Waals surface area (Å²) in [6.45, 7) is 3.98. The number of rotatable bonds is 5. The first-order valence-corrected chi connectivity index (χ1v) is 9.81. The SMILES string of the molecule is Cc1cccc(NC(=O)c2cn(-c3ncccc3-c3nc(C4CC4)no3)cn2)c1C.